The van der Waals surface area contributed by atoms with Crippen LogP contribution >= 0.6 is 15.9 Å². The summed E-state index contributed by atoms with van der Waals surface area (Å²) in [4.78, 5) is 14.9. The lowest BCUT2D eigenvalue weighted by atomic mass is 10.3. The lowest BCUT2D eigenvalue weighted by Gasteiger charge is -2.02. The molecular formula is C11H11BrN4O3. The molecule has 0 unspecified atom stereocenters. The van der Waals surface area contributed by atoms with Crippen molar-refractivity contribution in [2.75, 3.05) is 5.43 Å². The van der Waals surface area contributed by atoms with Gasteiger partial charge in [0.1, 0.15) is 5.71 Å². The second-order valence-corrected chi connectivity index (χ2v) is 4.04. The summed E-state index contributed by atoms with van der Waals surface area (Å²) in [6.45, 7) is 1.22. The number of hydrogen-bond acceptors (Lipinski definition) is 7. The number of hydrogen-bond donors (Lipinski definition) is 2. The number of rotatable bonds is 5. The van der Waals surface area contributed by atoms with Gasteiger partial charge < -0.3 is 10.0 Å². The van der Waals surface area contributed by atoms with Gasteiger partial charge in [-0.05, 0) is 28.1 Å². The van der Waals surface area contributed by atoms with E-state index in [1.54, 1.807) is 6.07 Å². The molecule has 1 aromatic rings. The number of nitrogens with zero attached hydrogens (tertiary/aromatic N) is 3. The van der Waals surface area contributed by atoms with Crippen LogP contribution in [0.25, 0.3) is 0 Å². The summed E-state index contributed by atoms with van der Waals surface area (Å²) in [5, 5.41) is 18.6. The Morgan fingerprint density at radius 1 is 1.42 bits per heavy atom. The van der Waals surface area contributed by atoms with Gasteiger partial charge in [0.2, 0.25) is 0 Å². The van der Waals surface area contributed by atoms with E-state index in [0.29, 0.717) is 5.69 Å². The van der Waals surface area contributed by atoms with E-state index in [0.717, 1.165) is 16.9 Å². The molecule has 0 saturated heterocycles. The predicted octanol–water partition coefficient (Wildman–Crippen LogP) is 2.23. The summed E-state index contributed by atoms with van der Waals surface area (Å²) >= 11 is 3.34. The first-order chi connectivity index (χ1) is 9.13. The molecule has 0 aliphatic carbocycles. The van der Waals surface area contributed by atoms with Crippen molar-refractivity contribution in [3.05, 3.63) is 28.7 Å². The highest BCUT2D eigenvalue weighted by atomic mass is 79.9. The zero-order chi connectivity index (χ0) is 14.1. The van der Waals surface area contributed by atoms with Crippen LogP contribution < -0.4 is 5.43 Å². The fraction of sp³-hybridized carbons (Fsp3) is 0.0909. The van der Waals surface area contributed by atoms with E-state index < -0.39 is 5.97 Å². The number of halogens is 1. The van der Waals surface area contributed by atoms with E-state index >= 15 is 0 Å². The summed E-state index contributed by atoms with van der Waals surface area (Å²) in [6, 6.07) is 7.32. The number of nitrogens with one attached hydrogen (secondary N) is 1. The Balaban J connectivity index is 2.76. The largest absolute Gasteiger partial charge is 0.411 e. The predicted molar refractivity (Wildman–Crippen MR) is 75.7 cm³/mol. The monoisotopic (exact) mass is 326 g/mol. The van der Waals surface area contributed by atoms with Crippen LogP contribution in [0, 0.1) is 0 Å². The second kappa shape index (κ2) is 7.98. The Morgan fingerprint density at radius 2 is 2.16 bits per heavy atom. The summed E-state index contributed by atoms with van der Waals surface area (Å²) in [5.41, 5.74) is 3.62. The third-order valence-electron chi connectivity index (χ3n) is 1.74. The van der Waals surface area contributed by atoms with Crippen LogP contribution in [0.2, 0.25) is 0 Å². The van der Waals surface area contributed by atoms with Crippen molar-refractivity contribution in [2.24, 2.45) is 15.4 Å². The van der Waals surface area contributed by atoms with Crippen LogP contribution in [0.1, 0.15) is 6.92 Å². The first-order valence-electron chi connectivity index (χ1n) is 5.10. The molecule has 8 heteroatoms. The zero-order valence-corrected chi connectivity index (χ0v) is 11.5. The molecule has 0 aliphatic rings. The number of benzene rings is 1. The topological polar surface area (TPSA) is 95.6 Å². The van der Waals surface area contributed by atoms with Gasteiger partial charge in [-0.25, -0.2) is 4.79 Å². The highest BCUT2D eigenvalue weighted by Crippen LogP contribution is 2.20. The number of para-hydroxylation sites is 1. The second-order valence-electron chi connectivity index (χ2n) is 3.19. The van der Waals surface area contributed by atoms with Gasteiger partial charge in [0, 0.05) is 11.4 Å². The Morgan fingerprint density at radius 3 is 2.79 bits per heavy atom. The molecule has 19 heavy (non-hydrogen) atoms. The van der Waals surface area contributed by atoms with Crippen LogP contribution in [-0.4, -0.2) is 29.3 Å². The minimum atomic E-state index is -0.560. The molecule has 0 atom stereocenters. The van der Waals surface area contributed by atoms with Crippen LogP contribution in [0.5, 0.6) is 0 Å². The third kappa shape index (κ3) is 5.77. The van der Waals surface area contributed by atoms with Gasteiger partial charge in [-0.2, -0.15) is 5.10 Å². The molecule has 2 N–H and O–H groups in total. The quantitative estimate of drug-likeness (QED) is 0.375. The van der Waals surface area contributed by atoms with Crippen molar-refractivity contribution in [1.29, 1.82) is 0 Å². The van der Waals surface area contributed by atoms with E-state index in [-0.39, 0.29) is 5.71 Å². The normalized spacial score (nSPS) is 12.0. The fourth-order valence-corrected chi connectivity index (χ4v) is 1.35. The lowest BCUT2D eigenvalue weighted by molar-refractivity contribution is -0.140. The van der Waals surface area contributed by atoms with E-state index in [2.05, 4.69) is 41.6 Å². The Labute approximate surface area is 117 Å². The molecular weight excluding hydrogens is 316 g/mol. The SMILES string of the molecule is CC(=O)O/N=C/C(/C=N/O)=N/Nc1ccccc1Br. The average Bonchev–Trinajstić information content (AvgIpc) is 2.37. The number of hydrazone groups is 1. The number of oxime groups is 2. The van der Waals surface area contributed by atoms with Crippen molar-refractivity contribution >= 4 is 45.7 Å². The van der Waals surface area contributed by atoms with Crippen molar-refractivity contribution in [1.82, 2.24) is 0 Å². The van der Waals surface area contributed by atoms with Gasteiger partial charge >= 0.3 is 5.97 Å². The smallest absolute Gasteiger partial charge is 0.331 e. The van der Waals surface area contributed by atoms with Crippen molar-refractivity contribution in [3.8, 4) is 0 Å². The first-order valence-corrected chi connectivity index (χ1v) is 5.89. The van der Waals surface area contributed by atoms with Crippen LogP contribution in [0.4, 0.5) is 5.69 Å². The van der Waals surface area contributed by atoms with Gasteiger partial charge in [-0.1, -0.05) is 22.4 Å². The molecule has 7 nitrogen and oxygen atoms in total. The maximum atomic E-state index is 10.5. The average molecular weight is 327 g/mol. The van der Waals surface area contributed by atoms with Gasteiger partial charge in [-0.15, -0.1) is 0 Å². The standard InChI is InChI=1S/C11H11BrN4O3/c1-8(17)19-14-7-9(6-13-18)15-16-11-5-3-2-4-10(11)12/h2-7,16,18H,1H3/b13-6+,14-7+,15-9+. The Hall–Kier alpha value is -2.22. The molecule has 1 rings (SSSR count). The summed E-state index contributed by atoms with van der Waals surface area (Å²) in [6.07, 6.45) is 2.17. The maximum Gasteiger partial charge on any atom is 0.331 e. The molecule has 0 aromatic heterocycles. The van der Waals surface area contributed by atoms with Crippen LogP contribution in [-0.2, 0) is 9.63 Å². The van der Waals surface area contributed by atoms with Crippen molar-refractivity contribution in [3.63, 3.8) is 0 Å². The molecule has 0 bridgehead atoms. The summed E-state index contributed by atoms with van der Waals surface area (Å²) < 4.78 is 0.816. The molecule has 0 fully saturated rings. The minimum absolute atomic E-state index is 0.166. The third-order valence-corrected chi connectivity index (χ3v) is 2.43. The van der Waals surface area contributed by atoms with Crippen molar-refractivity contribution < 1.29 is 14.8 Å². The van der Waals surface area contributed by atoms with E-state index in [1.807, 2.05) is 18.2 Å². The van der Waals surface area contributed by atoms with Crippen LogP contribution in [0.3, 0.4) is 0 Å². The molecule has 0 saturated carbocycles. The number of carbonyl (C=O) groups excluding carboxylic acids is 1. The first kappa shape index (κ1) is 14.8. The van der Waals surface area contributed by atoms with E-state index in [1.165, 1.54) is 6.92 Å². The Kier molecular flexibility index (Phi) is 6.23. The molecule has 0 spiro atoms. The molecule has 0 amide bonds. The van der Waals surface area contributed by atoms with Crippen molar-refractivity contribution in [2.45, 2.75) is 6.92 Å². The molecule has 0 radical (unpaired) electrons. The van der Waals surface area contributed by atoms with E-state index in [4.69, 9.17) is 5.21 Å². The summed E-state index contributed by atoms with van der Waals surface area (Å²) in [5.74, 6) is -0.560. The molecule has 0 aliphatic heterocycles. The highest BCUT2D eigenvalue weighted by molar-refractivity contribution is 9.10. The maximum absolute atomic E-state index is 10.5. The van der Waals surface area contributed by atoms with Gasteiger partial charge in [-0.3, -0.25) is 5.43 Å². The molecule has 1 aromatic carbocycles. The zero-order valence-electron chi connectivity index (χ0n) is 9.95. The minimum Gasteiger partial charge on any atom is -0.411 e. The molecule has 0 heterocycles. The van der Waals surface area contributed by atoms with Gasteiger partial charge in [0.05, 0.1) is 18.1 Å². The van der Waals surface area contributed by atoms with E-state index in [9.17, 15) is 4.79 Å². The van der Waals surface area contributed by atoms with Crippen LogP contribution in [0.15, 0.2) is 44.2 Å². The lowest BCUT2D eigenvalue weighted by Crippen LogP contribution is -2.07. The fourth-order valence-electron chi connectivity index (χ4n) is 0.981. The Bertz CT molecular complexity index is 528. The number of anilines is 1. The highest BCUT2D eigenvalue weighted by Gasteiger charge is 1.97. The van der Waals surface area contributed by atoms with Gasteiger partial charge in [0.15, 0.2) is 0 Å². The number of carbonyl (C=O) groups is 1. The molecule has 100 valence electrons. The summed E-state index contributed by atoms with van der Waals surface area (Å²) in [7, 11) is 0. The van der Waals surface area contributed by atoms with Gasteiger partial charge in [0.25, 0.3) is 0 Å².